The number of fused-ring (bicyclic) bond motifs is 1. The van der Waals surface area contributed by atoms with Crippen molar-refractivity contribution in [2.24, 2.45) is 11.8 Å². The van der Waals surface area contributed by atoms with Crippen molar-refractivity contribution < 1.29 is 9.53 Å². The maximum atomic E-state index is 13.1. The summed E-state index contributed by atoms with van der Waals surface area (Å²) in [5, 5.41) is 4.63. The maximum Gasteiger partial charge on any atom is 0.251 e. The van der Waals surface area contributed by atoms with Gasteiger partial charge in [-0.15, -0.1) is 0 Å². The summed E-state index contributed by atoms with van der Waals surface area (Å²) in [5.41, 5.74) is 1.29. The molecule has 0 aromatic heterocycles. The van der Waals surface area contributed by atoms with E-state index in [1.807, 2.05) is 24.3 Å². The van der Waals surface area contributed by atoms with Crippen LogP contribution in [0, 0.1) is 11.8 Å². The van der Waals surface area contributed by atoms with Gasteiger partial charge in [0.15, 0.2) is 0 Å². The van der Waals surface area contributed by atoms with Crippen LogP contribution in [0.25, 0.3) is 0 Å². The monoisotopic (exact) mass is 431 g/mol. The lowest BCUT2D eigenvalue weighted by molar-refractivity contribution is -0.144. The highest BCUT2D eigenvalue weighted by atomic mass is 35.5. The van der Waals surface area contributed by atoms with Crippen molar-refractivity contribution in [2.45, 2.75) is 57.3 Å². The molecule has 0 bridgehead atoms. The molecule has 1 aliphatic carbocycles. The zero-order valence-electron chi connectivity index (χ0n) is 16.8. The number of nitrogens with one attached hydrogen (secondary N) is 1. The van der Waals surface area contributed by atoms with Crippen molar-refractivity contribution in [3.63, 3.8) is 0 Å². The van der Waals surface area contributed by atoms with Gasteiger partial charge in [0.1, 0.15) is 0 Å². The van der Waals surface area contributed by atoms with Gasteiger partial charge in [-0.05, 0) is 61.6 Å². The summed E-state index contributed by atoms with van der Waals surface area (Å²) in [6.07, 6.45) is 3.99. The van der Waals surface area contributed by atoms with Crippen molar-refractivity contribution in [1.82, 2.24) is 5.32 Å². The SMILES string of the molecule is C[C@H]1CC[C@H]2[C@H](C1)O[C@H](c1cccc(Cl)c1)C[C@]2(C)NC(=O)c1cccc(Cl)c1. The lowest BCUT2D eigenvalue weighted by Crippen LogP contribution is -2.60. The van der Waals surface area contributed by atoms with Crippen LogP contribution in [-0.2, 0) is 4.74 Å². The zero-order chi connectivity index (χ0) is 20.6. The predicted octanol–water partition coefficient (Wildman–Crippen LogP) is 6.45. The van der Waals surface area contributed by atoms with Gasteiger partial charge >= 0.3 is 0 Å². The summed E-state index contributed by atoms with van der Waals surface area (Å²) < 4.78 is 6.57. The summed E-state index contributed by atoms with van der Waals surface area (Å²) in [4.78, 5) is 13.1. The Morgan fingerprint density at radius 1 is 1.10 bits per heavy atom. The Morgan fingerprint density at radius 2 is 1.83 bits per heavy atom. The normalized spacial score (nSPS) is 31.7. The molecule has 1 aliphatic heterocycles. The molecule has 5 atom stereocenters. The van der Waals surface area contributed by atoms with E-state index >= 15 is 0 Å². The van der Waals surface area contributed by atoms with E-state index in [0.29, 0.717) is 21.5 Å². The highest BCUT2D eigenvalue weighted by Gasteiger charge is 2.49. The number of hydrogen-bond donors (Lipinski definition) is 1. The number of hydrogen-bond acceptors (Lipinski definition) is 2. The molecule has 1 amide bonds. The lowest BCUT2D eigenvalue weighted by atomic mass is 9.66. The summed E-state index contributed by atoms with van der Waals surface area (Å²) in [6, 6.07) is 15.0. The maximum absolute atomic E-state index is 13.1. The summed E-state index contributed by atoms with van der Waals surface area (Å²) in [5.74, 6) is 0.832. The Labute approximate surface area is 182 Å². The standard InChI is InChI=1S/C24H27Cl2NO2/c1-15-9-10-20-21(11-15)29-22(16-5-3-7-18(25)12-16)14-24(20,2)27-23(28)17-6-4-8-19(26)13-17/h3-8,12-13,15,20-22H,9-11,14H2,1-2H3,(H,27,28)/t15-,20-,21-,22-,24-/m0/s1. The largest absolute Gasteiger partial charge is 0.370 e. The van der Waals surface area contributed by atoms with Gasteiger partial charge in [-0.1, -0.05) is 54.7 Å². The van der Waals surface area contributed by atoms with Crippen LogP contribution in [0.2, 0.25) is 10.0 Å². The molecule has 0 radical (unpaired) electrons. The van der Waals surface area contributed by atoms with E-state index in [0.717, 1.165) is 31.2 Å². The Balaban J connectivity index is 1.63. The molecule has 2 aromatic carbocycles. The molecule has 4 rings (SSSR count). The van der Waals surface area contributed by atoms with E-state index < -0.39 is 0 Å². The predicted molar refractivity (Wildman–Crippen MR) is 118 cm³/mol. The van der Waals surface area contributed by atoms with Crippen LogP contribution in [-0.4, -0.2) is 17.6 Å². The van der Waals surface area contributed by atoms with Crippen LogP contribution in [0.4, 0.5) is 0 Å². The second-order valence-electron chi connectivity index (χ2n) is 8.83. The number of carbonyl (C=O) groups excluding carboxylic acids is 1. The molecule has 2 aromatic rings. The van der Waals surface area contributed by atoms with Gasteiger partial charge in [-0.25, -0.2) is 0 Å². The molecular formula is C24H27Cl2NO2. The van der Waals surface area contributed by atoms with Gasteiger partial charge in [-0.3, -0.25) is 4.79 Å². The van der Waals surface area contributed by atoms with E-state index in [-0.39, 0.29) is 29.6 Å². The number of halogens is 2. The number of ether oxygens (including phenoxy) is 1. The van der Waals surface area contributed by atoms with Crippen molar-refractivity contribution in [1.29, 1.82) is 0 Å². The minimum atomic E-state index is -0.366. The van der Waals surface area contributed by atoms with Crippen molar-refractivity contribution in [3.05, 3.63) is 69.7 Å². The molecule has 2 fully saturated rings. The van der Waals surface area contributed by atoms with Crippen LogP contribution < -0.4 is 5.32 Å². The highest BCUT2D eigenvalue weighted by Crippen LogP contribution is 2.48. The molecule has 5 heteroatoms. The first-order valence-electron chi connectivity index (χ1n) is 10.3. The Kier molecular flexibility index (Phi) is 5.92. The van der Waals surface area contributed by atoms with Crippen LogP contribution in [0.1, 0.15) is 61.6 Å². The van der Waals surface area contributed by atoms with Gasteiger partial charge in [0.05, 0.1) is 12.2 Å². The van der Waals surface area contributed by atoms with E-state index in [2.05, 4.69) is 25.2 Å². The third-order valence-electron chi connectivity index (χ3n) is 6.53. The minimum absolute atomic E-state index is 0.0842. The van der Waals surface area contributed by atoms with Gasteiger partial charge in [0.2, 0.25) is 0 Å². The summed E-state index contributed by atoms with van der Waals surface area (Å²) in [7, 11) is 0. The molecule has 154 valence electrons. The molecule has 1 saturated carbocycles. The Morgan fingerprint density at radius 3 is 2.55 bits per heavy atom. The average molecular weight is 432 g/mol. The third-order valence-corrected chi connectivity index (χ3v) is 7.00. The summed E-state index contributed by atoms with van der Waals surface area (Å²) >= 11 is 12.3. The molecule has 3 nitrogen and oxygen atoms in total. The van der Waals surface area contributed by atoms with Crippen LogP contribution in [0.3, 0.4) is 0 Å². The van der Waals surface area contributed by atoms with Crippen LogP contribution >= 0.6 is 23.2 Å². The fourth-order valence-electron chi connectivity index (χ4n) is 5.01. The molecule has 0 unspecified atom stereocenters. The second-order valence-corrected chi connectivity index (χ2v) is 9.70. The number of carbonyl (C=O) groups is 1. The second kappa shape index (κ2) is 8.29. The average Bonchev–Trinajstić information content (AvgIpc) is 2.67. The van der Waals surface area contributed by atoms with Crippen molar-refractivity contribution in [2.75, 3.05) is 0 Å². The van der Waals surface area contributed by atoms with E-state index in [1.54, 1.807) is 18.2 Å². The van der Waals surface area contributed by atoms with Crippen molar-refractivity contribution >= 4 is 29.1 Å². The third kappa shape index (κ3) is 4.47. The highest BCUT2D eigenvalue weighted by molar-refractivity contribution is 6.31. The van der Waals surface area contributed by atoms with E-state index in [9.17, 15) is 4.79 Å². The van der Waals surface area contributed by atoms with Gasteiger partial charge in [0, 0.05) is 33.5 Å². The number of amides is 1. The zero-order valence-corrected chi connectivity index (χ0v) is 18.3. The molecule has 1 N–H and O–H groups in total. The van der Waals surface area contributed by atoms with Crippen LogP contribution in [0.15, 0.2) is 48.5 Å². The molecular weight excluding hydrogens is 405 g/mol. The van der Waals surface area contributed by atoms with Gasteiger partial charge < -0.3 is 10.1 Å². The fraction of sp³-hybridized carbons (Fsp3) is 0.458. The Bertz CT molecular complexity index is 902. The van der Waals surface area contributed by atoms with Crippen molar-refractivity contribution in [3.8, 4) is 0 Å². The molecule has 1 saturated heterocycles. The smallest absolute Gasteiger partial charge is 0.251 e. The molecule has 2 aliphatic rings. The van der Waals surface area contributed by atoms with E-state index in [4.69, 9.17) is 27.9 Å². The van der Waals surface area contributed by atoms with Crippen LogP contribution in [0.5, 0.6) is 0 Å². The first kappa shape index (κ1) is 20.7. The fourth-order valence-corrected chi connectivity index (χ4v) is 5.40. The quantitative estimate of drug-likeness (QED) is 0.606. The lowest BCUT2D eigenvalue weighted by Gasteiger charge is -2.52. The van der Waals surface area contributed by atoms with Gasteiger partial charge in [0.25, 0.3) is 5.91 Å². The van der Waals surface area contributed by atoms with E-state index in [1.165, 1.54) is 0 Å². The topological polar surface area (TPSA) is 38.3 Å². The molecule has 29 heavy (non-hydrogen) atoms. The Hall–Kier alpha value is -1.55. The molecule has 0 spiro atoms. The first-order chi connectivity index (χ1) is 13.8. The minimum Gasteiger partial charge on any atom is -0.370 e. The number of rotatable bonds is 3. The first-order valence-corrected chi connectivity index (χ1v) is 11.1. The number of benzene rings is 2. The molecule has 1 heterocycles. The summed E-state index contributed by atoms with van der Waals surface area (Å²) in [6.45, 7) is 4.45. The van der Waals surface area contributed by atoms with Gasteiger partial charge in [-0.2, -0.15) is 0 Å².